The molecule has 0 saturated carbocycles. The van der Waals surface area contributed by atoms with Gasteiger partial charge in [-0.15, -0.1) is 0 Å². The Morgan fingerprint density at radius 1 is 1.24 bits per heavy atom. The minimum Gasteiger partial charge on any atom is -0.450 e. The van der Waals surface area contributed by atoms with Gasteiger partial charge in [0.1, 0.15) is 11.9 Å². The molecule has 3 rings (SSSR count). The summed E-state index contributed by atoms with van der Waals surface area (Å²) in [6.07, 6.45) is -4.98. The van der Waals surface area contributed by atoms with Gasteiger partial charge in [-0.05, 0) is 65.1 Å². The van der Waals surface area contributed by atoms with E-state index in [-0.39, 0.29) is 48.7 Å². The lowest BCUT2D eigenvalue weighted by atomic mass is 9.96. The van der Waals surface area contributed by atoms with Crippen molar-refractivity contribution in [3.8, 4) is 11.5 Å². The average molecular weight is 485 g/mol. The maximum absolute atomic E-state index is 12.9. The van der Waals surface area contributed by atoms with E-state index >= 15 is 0 Å². The largest absolute Gasteiger partial charge is 0.450 e. The molecule has 1 fully saturated rings. The van der Waals surface area contributed by atoms with Crippen molar-refractivity contribution in [3.63, 3.8) is 0 Å². The van der Waals surface area contributed by atoms with Crippen LogP contribution in [-0.4, -0.2) is 35.0 Å². The molecular formula is C21H23F3N3O5P. The Hall–Kier alpha value is -2.75. The summed E-state index contributed by atoms with van der Waals surface area (Å²) in [5.41, 5.74) is 0.571. The number of hydrogen-bond donors (Lipinski definition) is 1. The van der Waals surface area contributed by atoms with Crippen LogP contribution < -0.4 is 9.99 Å². The quantitative estimate of drug-likeness (QED) is 0.330. The number of nitrogens with zero attached hydrogens (tertiary/aromatic N) is 2. The molecule has 1 aliphatic rings. The molecule has 178 valence electrons. The number of rotatable bonds is 7. The van der Waals surface area contributed by atoms with Gasteiger partial charge in [-0.25, -0.2) is 0 Å². The van der Waals surface area contributed by atoms with Crippen molar-refractivity contribution in [2.45, 2.75) is 32.0 Å². The van der Waals surface area contributed by atoms with Crippen molar-refractivity contribution < 1.29 is 32.5 Å². The van der Waals surface area contributed by atoms with Crippen LogP contribution in [0.25, 0.3) is 0 Å². The number of nitrogens with one attached hydrogen (secondary N) is 1. The first-order valence-electron chi connectivity index (χ1n) is 10.1. The summed E-state index contributed by atoms with van der Waals surface area (Å²) in [6, 6.07) is 10.3. The zero-order valence-electron chi connectivity index (χ0n) is 17.7. The van der Waals surface area contributed by atoms with Gasteiger partial charge in [0.05, 0.1) is 10.8 Å². The summed E-state index contributed by atoms with van der Waals surface area (Å²) in [5.74, 6) is -1.67. The zero-order valence-corrected chi connectivity index (χ0v) is 18.8. The number of halogens is 3. The molecule has 33 heavy (non-hydrogen) atoms. The number of ether oxygens (including phenoxy) is 1. The third-order valence-corrected chi connectivity index (χ3v) is 5.58. The monoisotopic (exact) mass is 485 g/mol. The van der Waals surface area contributed by atoms with Gasteiger partial charge in [-0.2, -0.15) is 18.4 Å². The molecule has 1 heterocycles. The van der Waals surface area contributed by atoms with Crippen LogP contribution in [0.4, 0.5) is 18.9 Å². The number of nitro groups is 1. The van der Waals surface area contributed by atoms with E-state index in [9.17, 15) is 28.1 Å². The number of hydrogen-bond acceptors (Lipinski definition) is 6. The highest BCUT2D eigenvalue weighted by atomic mass is 31.0. The molecule has 12 heteroatoms. The summed E-state index contributed by atoms with van der Waals surface area (Å²) < 4.78 is 44.4. The van der Waals surface area contributed by atoms with Crippen LogP contribution in [0, 0.1) is 16.0 Å². The lowest BCUT2D eigenvalue weighted by Gasteiger charge is -2.33. The smallest absolute Gasteiger partial charge is 0.391 e. The number of amides is 1. The molecule has 1 saturated heterocycles. The second-order valence-electron chi connectivity index (χ2n) is 7.60. The van der Waals surface area contributed by atoms with Gasteiger partial charge in [-0.3, -0.25) is 19.7 Å². The minimum absolute atomic E-state index is 0.00322. The summed E-state index contributed by atoms with van der Waals surface area (Å²) in [4.78, 5) is 30.3. The van der Waals surface area contributed by atoms with E-state index in [2.05, 4.69) is 14.6 Å². The molecular weight excluding hydrogens is 462 g/mol. The van der Waals surface area contributed by atoms with E-state index in [1.165, 1.54) is 35.2 Å². The number of piperidine rings is 1. The Bertz CT molecular complexity index is 1010. The van der Waals surface area contributed by atoms with Gasteiger partial charge >= 0.3 is 11.9 Å². The lowest BCUT2D eigenvalue weighted by molar-refractivity contribution is -0.385. The number of benzene rings is 2. The van der Waals surface area contributed by atoms with Crippen molar-refractivity contribution >= 4 is 21.0 Å². The fourth-order valence-corrected chi connectivity index (χ4v) is 3.80. The van der Waals surface area contributed by atoms with Crippen molar-refractivity contribution in [2.24, 2.45) is 5.92 Å². The van der Waals surface area contributed by atoms with Crippen LogP contribution in [0.2, 0.25) is 0 Å². The van der Waals surface area contributed by atoms with E-state index in [1.54, 1.807) is 19.1 Å². The van der Waals surface area contributed by atoms with Crippen LogP contribution in [0.1, 0.15) is 41.8 Å². The van der Waals surface area contributed by atoms with Gasteiger partial charge in [0.2, 0.25) is 5.75 Å². The molecule has 1 aliphatic heterocycles. The van der Waals surface area contributed by atoms with Crippen LogP contribution in [-0.2, 0) is 4.84 Å². The maximum Gasteiger partial charge on any atom is 0.391 e. The van der Waals surface area contributed by atoms with Crippen molar-refractivity contribution in [1.82, 2.24) is 10.2 Å². The van der Waals surface area contributed by atoms with E-state index in [0.29, 0.717) is 5.56 Å². The molecule has 2 aromatic rings. The minimum atomic E-state index is -4.26. The predicted octanol–water partition coefficient (Wildman–Crippen LogP) is 5.17. The molecule has 0 bridgehead atoms. The normalized spacial score (nSPS) is 15.8. The Kier molecular flexibility index (Phi) is 7.88. The molecule has 2 atom stereocenters. The standard InChI is InChI=1S/C21H23F3N3O5P/c1-13(32-25-33)14-5-6-18(27(29)30)19(12-14)31-17-4-2-3-15(11-17)20(28)26-9-7-16(8-10-26)21(22,23)24/h2-6,11-13,16,25H,7-10,33H2,1H3. The number of nitro benzene ring substituents is 1. The highest BCUT2D eigenvalue weighted by Gasteiger charge is 2.41. The molecule has 2 aromatic carbocycles. The predicted molar refractivity (Wildman–Crippen MR) is 117 cm³/mol. The Morgan fingerprint density at radius 3 is 2.55 bits per heavy atom. The number of likely N-dealkylation sites (tertiary alicyclic amines) is 1. The summed E-state index contributed by atoms with van der Waals surface area (Å²) >= 11 is 0. The summed E-state index contributed by atoms with van der Waals surface area (Å²) in [6.45, 7) is 1.75. The number of carbonyl (C=O) groups excluding carboxylic acids is 1. The number of alkyl halides is 3. The third-order valence-electron chi connectivity index (χ3n) is 5.45. The second-order valence-corrected chi connectivity index (χ2v) is 7.84. The number of carbonyl (C=O) groups is 1. The van der Waals surface area contributed by atoms with Crippen molar-refractivity contribution in [1.29, 1.82) is 0 Å². The van der Waals surface area contributed by atoms with Crippen LogP contribution in [0.3, 0.4) is 0 Å². The summed E-state index contributed by atoms with van der Waals surface area (Å²) in [7, 11) is 2.18. The van der Waals surface area contributed by atoms with Gasteiger partial charge < -0.3 is 9.64 Å². The zero-order chi connectivity index (χ0) is 24.2. The van der Waals surface area contributed by atoms with Crippen molar-refractivity contribution in [2.75, 3.05) is 13.1 Å². The topological polar surface area (TPSA) is 93.9 Å². The van der Waals surface area contributed by atoms with Crippen molar-refractivity contribution in [3.05, 3.63) is 63.7 Å². The van der Waals surface area contributed by atoms with Crippen LogP contribution >= 0.6 is 9.39 Å². The first kappa shape index (κ1) is 24.9. The molecule has 0 aliphatic carbocycles. The highest BCUT2D eigenvalue weighted by Crippen LogP contribution is 2.36. The Balaban J connectivity index is 1.78. The molecule has 1 N–H and O–H groups in total. The van der Waals surface area contributed by atoms with Gasteiger partial charge in [-0.1, -0.05) is 6.07 Å². The highest BCUT2D eigenvalue weighted by molar-refractivity contribution is 7.13. The molecule has 2 unspecified atom stereocenters. The molecule has 0 spiro atoms. The van der Waals surface area contributed by atoms with E-state index in [1.807, 2.05) is 0 Å². The molecule has 0 radical (unpaired) electrons. The third kappa shape index (κ3) is 6.19. The molecule has 1 amide bonds. The van der Waals surface area contributed by atoms with Gasteiger partial charge in [0.15, 0.2) is 0 Å². The van der Waals surface area contributed by atoms with E-state index in [4.69, 9.17) is 9.57 Å². The fraction of sp³-hybridized carbons (Fsp3) is 0.381. The maximum atomic E-state index is 12.9. The first-order chi connectivity index (χ1) is 15.6. The SMILES string of the molecule is CC(ONP)c1ccc([N+](=O)[O-])c(Oc2cccc(C(=O)N3CCC(C(F)(F)F)CC3)c2)c1. The fourth-order valence-electron chi connectivity index (χ4n) is 3.60. The Morgan fingerprint density at radius 2 is 1.94 bits per heavy atom. The molecule has 0 aromatic heterocycles. The van der Waals surface area contributed by atoms with E-state index in [0.717, 1.165) is 0 Å². The van der Waals surface area contributed by atoms with Gasteiger partial charge in [0.25, 0.3) is 5.91 Å². The average Bonchev–Trinajstić information content (AvgIpc) is 2.78. The lowest BCUT2D eigenvalue weighted by Crippen LogP contribution is -2.42. The van der Waals surface area contributed by atoms with Crippen LogP contribution in [0.5, 0.6) is 11.5 Å². The van der Waals surface area contributed by atoms with E-state index < -0.39 is 29.0 Å². The van der Waals surface area contributed by atoms with Gasteiger partial charge in [0, 0.05) is 24.7 Å². The van der Waals surface area contributed by atoms with Crippen LogP contribution in [0.15, 0.2) is 42.5 Å². The Labute approximate surface area is 190 Å². The second kappa shape index (κ2) is 10.5. The first-order valence-corrected chi connectivity index (χ1v) is 10.7. The molecule has 8 nitrogen and oxygen atoms in total. The summed E-state index contributed by atoms with van der Waals surface area (Å²) in [5, 5.41) is 13.9.